The van der Waals surface area contributed by atoms with Crippen molar-refractivity contribution in [2.75, 3.05) is 0 Å². The molecule has 9 heteroatoms. The van der Waals surface area contributed by atoms with Crippen LogP contribution in [-0.4, -0.2) is 19.7 Å². The van der Waals surface area contributed by atoms with Gasteiger partial charge in [0.15, 0.2) is 11.0 Å². The molecule has 3 aromatic rings. The van der Waals surface area contributed by atoms with E-state index in [4.69, 9.17) is 16.0 Å². The highest BCUT2D eigenvalue weighted by Gasteiger charge is 2.17. The summed E-state index contributed by atoms with van der Waals surface area (Å²) in [5.74, 6) is 1.43. The number of aryl methyl sites for hydroxylation is 1. The molecule has 2 aromatic heterocycles. The molecular formula is C14H11ClN4O3S. The lowest BCUT2D eigenvalue weighted by Gasteiger charge is -2.04. The van der Waals surface area contributed by atoms with Crippen LogP contribution in [-0.2, 0) is 7.05 Å². The zero-order chi connectivity index (χ0) is 16.6. The van der Waals surface area contributed by atoms with Crippen LogP contribution >= 0.6 is 23.4 Å². The molecule has 0 unspecified atom stereocenters. The normalized spacial score (nSPS) is 10.9. The van der Waals surface area contributed by atoms with Crippen molar-refractivity contribution in [3.63, 3.8) is 0 Å². The Bertz CT molecular complexity index is 890. The molecule has 0 spiro atoms. The first-order chi connectivity index (χ1) is 11.0. The molecule has 0 atom stereocenters. The van der Waals surface area contributed by atoms with Crippen LogP contribution in [0.15, 0.2) is 45.0 Å². The number of nitro groups is 1. The van der Waals surface area contributed by atoms with Gasteiger partial charge in [-0.1, -0.05) is 11.6 Å². The molecule has 7 nitrogen and oxygen atoms in total. The van der Waals surface area contributed by atoms with Crippen LogP contribution in [0.3, 0.4) is 0 Å². The van der Waals surface area contributed by atoms with Gasteiger partial charge in [0.25, 0.3) is 5.69 Å². The van der Waals surface area contributed by atoms with Crippen molar-refractivity contribution in [1.29, 1.82) is 0 Å². The van der Waals surface area contributed by atoms with Crippen LogP contribution in [0.25, 0.3) is 11.4 Å². The summed E-state index contributed by atoms with van der Waals surface area (Å²) >= 11 is 7.40. The summed E-state index contributed by atoms with van der Waals surface area (Å²) < 4.78 is 7.10. The summed E-state index contributed by atoms with van der Waals surface area (Å²) in [7, 11) is 1.84. The van der Waals surface area contributed by atoms with E-state index >= 15 is 0 Å². The fourth-order valence-corrected chi connectivity index (χ4v) is 3.12. The van der Waals surface area contributed by atoms with Gasteiger partial charge in [-0.15, -0.1) is 10.2 Å². The minimum Gasteiger partial charge on any atom is -0.469 e. The minimum absolute atomic E-state index is 0.0490. The Morgan fingerprint density at radius 1 is 1.35 bits per heavy atom. The first-order valence-electron chi connectivity index (χ1n) is 6.53. The Labute approximate surface area is 140 Å². The monoisotopic (exact) mass is 350 g/mol. The van der Waals surface area contributed by atoms with E-state index in [2.05, 4.69) is 10.2 Å². The van der Waals surface area contributed by atoms with E-state index < -0.39 is 4.92 Å². The molecule has 23 heavy (non-hydrogen) atoms. The standard InChI is InChI=1S/C14H11ClN4O3S/c1-8-10(5-6-22-8)13-16-17-14(18(13)2)23-12-4-3-9(19(20)21)7-11(12)15/h3-7H,1-2H3. The smallest absolute Gasteiger partial charge is 0.270 e. The summed E-state index contributed by atoms with van der Waals surface area (Å²) in [5, 5.41) is 20.0. The van der Waals surface area contributed by atoms with Crippen molar-refractivity contribution in [1.82, 2.24) is 14.8 Å². The van der Waals surface area contributed by atoms with Gasteiger partial charge in [-0.05, 0) is 30.8 Å². The average molecular weight is 351 g/mol. The van der Waals surface area contributed by atoms with Crippen LogP contribution in [0.1, 0.15) is 5.76 Å². The Kier molecular flexibility index (Phi) is 4.10. The minimum atomic E-state index is -0.484. The highest BCUT2D eigenvalue weighted by Crippen LogP contribution is 2.35. The van der Waals surface area contributed by atoms with Gasteiger partial charge >= 0.3 is 0 Å². The Hall–Kier alpha value is -2.32. The molecule has 0 fully saturated rings. The van der Waals surface area contributed by atoms with Crippen molar-refractivity contribution in [2.45, 2.75) is 17.0 Å². The van der Waals surface area contributed by atoms with Crippen molar-refractivity contribution in [2.24, 2.45) is 7.05 Å². The van der Waals surface area contributed by atoms with Crippen LogP contribution in [0.5, 0.6) is 0 Å². The molecule has 1 aromatic carbocycles. The van der Waals surface area contributed by atoms with Crippen molar-refractivity contribution in [3.8, 4) is 11.4 Å². The fraction of sp³-hybridized carbons (Fsp3) is 0.143. The van der Waals surface area contributed by atoms with Crippen molar-refractivity contribution >= 4 is 29.1 Å². The number of non-ortho nitro benzene ring substituents is 1. The number of nitrogens with zero attached hydrogens (tertiary/aromatic N) is 4. The number of halogens is 1. The third-order valence-corrected chi connectivity index (χ3v) is 4.80. The zero-order valence-corrected chi connectivity index (χ0v) is 13.8. The molecule has 2 heterocycles. The van der Waals surface area contributed by atoms with Crippen LogP contribution in [0, 0.1) is 17.0 Å². The van der Waals surface area contributed by atoms with E-state index in [0.29, 0.717) is 20.9 Å². The maximum absolute atomic E-state index is 10.7. The summed E-state index contributed by atoms with van der Waals surface area (Å²) in [6, 6.07) is 6.16. The second-order valence-electron chi connectivity index (χ2n) is 4.73. The highest BCUT2D eigenvalue weighted by atomic mass is 35.5. The number of benzene rings is 1. The molecule has 0 aliphatic rings. The second kappa shape index (κ2) is 6.05. The van der Waals surface area contributed by atoms with E-state index in [1.807, 2.05) is 24.6 Å². The van der Waals surface area contributed by atoms with E-state index in [0.717, 1.165) is 11.3 Å². The van der Waals surface area contributed by atoms with Crippen molar-refractivity contribution < 1.29 is 9.34 Å². The van der Waals surface area contributed by atoms with E-state index in [-0.39, 0.29) is 5.69 Å². The van der Waals surface area contributed by atoms with Gasteiger partial charge in [0.2, 0.25) is 0 Å². The number of hydrogen-bond donors (Lipinski definition) is 0. The molecule has 0 amide bonds. The quantitative estimate of drug-likeness (QED) is 0.520. The summed E-state index contributed by atoms with van der Waals surface area (Å²) in [6.07, 6.45) is 1.60. The van der Waals surface area contributed by atoms with Gasteiger partial charge in [0, 0.05) is 24.1 Å². The Balaban J connectivity index is 1.91. The number of furan rings is 1. The highest BCUT2D eigenvalue weighted by molar-refractivity contribution is 7.99. The molecule has 0 aliphatic heterocycles. The van der Waals surface area contributed by atoms with E-state index in [1.165, 1.54) is 23.9 Å². The molecular weight excluding hydrogens is 340 g/mol. The van der Waals surface area contributed by atoms with Crippen LogP contribution < -0.4 is 0 Å². The molecule has 0 radical (unpaired) electrons. The number of nitro benzene ring substituents is 1. The largest absolute Gasteiger partial charge is 0.469 e. The molecule has 0 saturated heterocycles. The maximum Gasteiger partial charge on any atom is 0.270 e. The predicted molar refractivity (Wildman–Crippen MR) is 85.7 cm³/mol. The number of rotatable bonds is 4. The number of aromatic nitrogens is 3. The molecule has 0 N–H and O–H groups in total. The lowest BCUT2D eigenvalue weighted by Crippen LogP contribution is -1.95. The van der Waals surface area contributed by atoms with Crippen LogP contribution in [0.2, 0.25) is 5.02 Å². The first kappa shape index (κ1) is 15.6. The van der Waals surface area contributed by atoms with Gasteiger partial charge in [-0.25, -0.2) is 0 Å². The van der Waals surface area contributed by atoms with Gasteiger partial charge < -0.3 is 8.98 Å². The summed E-state index contributed by atoms with van der Waals surface area (Å²) in [6.45, 7) is 1.85. The first-order valence-corrected chi connectivity index (χ1v) is 7.72. The SMILES string of the molecule is Cc1occc1-c1nnc(Sc2ccc([N+](=O)[O-])cc2Cl)n1C. The van der Waals surface area contributed by atoms with Gasteiger partial charge in [0.05, 0.1) is 21.8 Å². The lowest BCUT2D eigenvalue weighted by atomic mass is 10.2. The van der Waals surface area contributed by atoms with E-state index in [1.54, 1.807) is 12.3 Å². The van der Waals surface area contributed by atoms with Gasteiger partial charge in [0.1, 0.15) is 5.76 Å². The van der Waals surface area contributed by atoms with E-state index in [9.17, 15) is 10.1 Å². The topological polar surface area (TPSA) is 87.0 Å². The molecule has 3 rings (SSSR count). The average Bonchev–Trinajstić information content (AvgIpc) is 3.07. The van der Waals surface area contributed by atoms with Crippen LogP contribution in [0.4, 0.5) is 5.69 Å². The van der Waals surface area contributed by atoms with Gasteiger partial charge in [-0.3, -0.25) is 10.1 Å². The zero-order valence-electron chi connectivity index (χ0n) is 12.2. The molecule has 0 saturated carbocycles. The number of hydrogen-bond acceptors (Lipinski definition) is 6. The molecule has 0 bridgehead atoms. The lowest BCUT2D eigenvalue weighted by molar-refractivity contribution is -0.384. The maximum atomic E-state index is 10.7. The fourth-order valence-electron chi connectivity index (χ4n) is 2.04. The summed E-state index contributed by atoms with van der Waals surface area (Å²) in [5.41, 5.74) is 0.814. The third kappa shape index (κ3) is 2.95. The predicted octanol–water partition coefficient (Wildman–Crippen LogP) is 4.10. The Morgan fingerprint density at radius 2 is 2.13 bits per heavy atom. The molecule has 118 valence electrons. The van der Waals surface area contributed by atoms with Gasteiger partial charge in [-0.2, -0.15) is 0 Å². The molecule has 0 aliphatic carbocycles. The summed E-state index contributed by atoms with van der Waals surface area (Å²) in [4.78, 5) is 10.9. The second-order valence-corrected chi connectivity index (χ2v) is 6.15. The Morgan fingerprint density at radius 3 is 2.74 bits per heavy atom. The third-order valence-electron chi connectivity index (χ3n) is 3.26. The van der Waals surface area contributed by atoms with Crippen molar-refractivity contribution in [3.05, 3.63) is 51.4 Å².